The summed E-state index contributed by atoms with van der Waals surface area (Å²) in [4.78, 5) is 12.8. The smallest absolute Gasteiger partial charge is 0.365 e. The standard InChI is InChI=1S/C34H54NO3/c1-5-7-8-9-10-11-12-13-14-15-17-20-30-23-25-32(26-24-30)37-27-28-38-34(36)33(6-2)35(3,4)29-31-21-18-16-19-22-31/h16,18-19,21-26,33H,5-15,17,20,27-29H2,1-4H3/q+1. The van der Waals surface area contributed by atoms with Crippen LogP contribution < -0.4 is 4.74 Å². The van der Waals surface area contributed by atoms with Gasteiger partial charge in [-0.3, -0.25) is 0 Å². The molecule has 1 atom stereocenters. The van der Waals surface area contributed by atoms with E-state index in [1.165, 1.54) is 81.8 Å². The summed E-state index contributed by atoms with van der Waals surface area (Å²) in [5, 5.41) is 0. The van der Waals surface area contributed by atoms with Crippen molar-refractivity contribution in [2.24, 2.45) is 0 Å². The maximum Gasteiger partial charge on any atom is 0.365 e. The molecule has 0 saturated carbocycles. The van der Waals surface area contributed by atoms with Crippen LogP contribution in [0.15, 0.2) is 54.6 Å². The van der Waals surface area contributed by atoms with Crippen molar-refractivity contribution in [1.82, 2.24) is 0 Å². The average Bonchev–Trinajstić information content (AvgIpc) is 2.91. The SMILES string of the molecule is CCCCCCCCCCCCCc1ccc(OCCOC(=O)C(CC)[N+](C)(C)Cc2ccccc2)cc1. The third-order valence-electron chi connectivity index (χ3n) is 7.52. The summed E-state index contributed by atoms with van der Waals surface area (Å²) >= 11 is 0. The number of likely N-dealkylation sites (N-methyl/N-ethyl adjacent to an activating group) is 1. The van der Waals surface area contributed by atoms with Crippen LogP contribution in [0.4, 0.5) is 0 Å². The Labute approximate surface area is 233 Å². The van der Waals surface area contributed by atoms with E-state index < -0.39 is 0 Å². The number of esters is 1. The van der Waals surface area contributed by atoms with Crippen LogP contribution in [0.5, 0.6) is 5.75 Å². The third-order valence-corrected chi connectivity index (χ3v) is 7.52. The molecule has 1 unspecified atom stereocenters. The molecule has 0 spiro atoms. The lowest BCUT2D eigenvalue weighted by atomic mass is 10.0. The van der Waals surface area contributed by atoms with Crippen molar-refractivity contribution < 1.29 is 18.8 Å². The van der Waals surface area contributed by atoms with Gasteiger partial charge in [-0.15, -0.1) is 0 Å². The molecule has 0 saturated heterocycles. The number of hydrogen-bond acceptors (Lipinski definition) is 3. The summed E-state index contributed by atoms with van der Waals surface area (Å²) in [6, 6.07) is 18.5. The molecule has 0 aromatic heterocycles. The predicted molar refractivity (Wildman–Crippen MR) is 159 cm³/mol. The van der Waals surface area contributed by atoms with Gasteiger partial charge in [0.25, 0.3) is 0 Å². The van der Waals surface area contributed by atoms with Gasteiger partial charge >= 0.3 is 5.97 Å². The number of unbranched alkanes of at least 4 members (excludes halogenated alkanes) is 10. The summed E-state index contributed by atoms with van der Waals surface area (Å²) in [5.41, 5.74) is 2.59. The molecule has 0 aliphatic carbocycles. The number of aryl methyl sites for hydroxylation is 1. The lowest BCUT2D eigenvalue weighted by molar-refractivity contribution is -0.919. The largest absolute Gasteiger partial charge is 0.490 e. The topological polar surface area (TPSA) is 35.5 Å². The van der Waals surface area contributed by atoms with Gasteiger partial charge in [-0.05, 0) is 30.5 Å². The molecule has 4 nitrogen and oxygen atoms in total. The van der Waals surface area contributed by atoms with Crippen molar-refractivity contribution in [1.29, 1.82) is 0 Å². The van der Waals surface area contributed by atoms with Gasteiger partial charge in [-0.1, -0.05) is 121 Å². The van der Waals surface area contributed by atoms with E-state index >= 15 is 0 Å². The van der Waals surface area contributed by atoms with Crippen molar-refractivity contribution in [3.8, 4) is 5.75 Å². The lowest BCUT2D eigenvalue weighted by Crippen LogP contribution is -2.52. The van der Waals surface area contributed by atoms with Gasteiger partial charge in [0.05, 0.1) is 14.1 Å². The monoisotopic (exact) mass is 524 g/mol. The van der Waals surface area contributed by atoms with Crippen LogP contribution in [0.3, 0.4) is 0 Å². The van der Waals surface area contributed by atoms with Crippen LogP contribution in [0.2, 0.25) is 0 Å². The molecule has 0 heterocycles. The first-order chi connectivity index (χ1) is 18.5. The molecular weight excluding hydrogens is 470 g/mol. The quantitative estimate of drug-likeness (QED) is 0.0932. The highest BCUT2D eigenvalue weighted by atomic mass is 16.6. The first-order valence-electron chi connectivity index (χ1n) is 15.2. The maximum atomic E-state index is 12.8. The summed E-state index contributed by atoms with van der Waals surface area (Å²) in [6.45, 7) is 5.75. The van der Waals surface area contributed by atoms with E-state index in [1.807, 2.05) is 37.3 Å². The summed E-state index contributed by atoms with van der Waals surface area (Å²) < 4.78 is 12.0. The lowest BCUT2D eigenvalue weighted by Gasteiger charge is -2.36. The molecule has 0 fully saturated rings. The number of ether oxygens (including phenoxy) is 2. The zero-order chi connectivity index (χ0) is 27.5. The molecule has 2 aromatic carbocycles. The van der Waals surface area contributed by atoms with Crippen molar-refractivity contribution in [2.75, 3.05) is 27.3 Å². The molecule has 0 bridgehead atoms. The van der Waals surface area contributed by atoms with Crippen LogP contribution in [-0.2, 0) is 22.5 Å². The van der Waals surface area contributed by atoms with Crippen LogP contribution in [0.1, 0.15) is 102 Å². The van der Waals surface area contributed by atoms with Gasteiger partial charge in [-0.2, -0.15) is 0 Å². The first kappa shape index (κ1) is 31.9. The second kappa shape index (κ2) is 18.8. The van der Waals surface area contributed by atoms with Gasteiger partial charge in [0, 0.05) is 12.0 Å². The minimum absolute atomic E-state index is 0.153. The van der Waals surface area contributed by atoms with Crippen molar-refractivity contribution in [3.63, 3.8) is 0 Å². The second-order valence-corrected chi connectivity index (χ2v) is 11.3. The Kier molecular flexibility index (Phi) is 15.8. The molecule has 38 heavy (non-hydrogen) atoms. The number of nitrogens with zero attached hydrogens (tertiary/aromatic N) is 1. The van der Waals surface area contributed by atoms with E-state index in [-0.39, 0.29) is 18.6 Å². The predicted octanol–water partition coefficient (Wildman–Crippen LogP) is 8.52. The Morgan fingerprint density at radius 2 is 1.29 bits per heavy atom. The van der Waals surface area contributed by atoms with Gasteiger partial charge in [0.15, 0.2) is 6.04 Å². The number of rotatable bonds is 21. The van der Waals surface area contributed by atoms with Gasteiger partial charge in [0.1, 0.15) is 25.5 Å². The van der Waals surface area contributed by atoms with Crippen molar-refractivity contribution in [2.45, 2.75) is 110 Å². The van der Waals surface area contributed by atoms with E-state index in [4.69, 9.17) is 9.47 Å². The number of benzene rings is 2. The van der Waals surface area contributed by atoms with Gasteiger partial charge < -0.3 is 14.0 Å². The molecule has 0 aliphatic heterocycles. The molecule has 0 amide bonds. The maximum absolute atomic E-state index is 12.8. The van der Waals surface area contributed by atoms with Crippen LogP contribution in [-0.4, -0.2) is 43.8 Å². The van der Waals surface area contributed by atoms with Crippen molar-refractivity contribution in [3.05, 3.63) is 65.7 Å². The van der Waals surface area contributed by atoms with E-state index in [9.17, 15) is 4.79 Å². The highest BCUT2D eigenvalue weighted by molar-refractivity contribution is 5.74. The molecule has 4 heteroatoms. The molecule has 0 N–H and O–H groups in total. The minimum atomic E-state index is -0.204. The fraction of sp³-hybridized carbons (Fsp3) is 0.618. The molecule has 0 radical (unpaired) electrons. The number of hydrogen-bond donors (Lipinski definition) is 0. The zero-order valence-corrected chi connectivity index (χ0v) is 24.8. The van der Waals surface area contributed by atoms with E-state index in [1.54, 1.807) is 0 Å². The normalized spacial score (nSPS) is 12.3. The second-order valence-electron chi connectivity index (χ2n) is 11.3. The van der Waals surface area contributed by atoms with Gasteiger partial charge in [0.2, 0.25) is 0 Å². The Bertz CT molecular complexity index is 863. The van der Waals surface area contributed by atoms with E-state index in [2.05, 4.69) is 45.3 Å². The van der Waals surface area contributed by atoms with E-state index in [0.717, 1.165) is 25.1 Å². The van der Waals surface area contributed by atoms with E-state index in [0.29, 0.717) is 11.1 Å². The Morgan fingerprint density at radius 3 is 1.87 bits per heavy atom. The fourth-order valence-electron chi connectivity index (χ4n) is 5.25. The number of carbonyl (C=O) groups excluding carboxylic acids is 1. The molecule has 2 rings (SSSR count). The molecule has 2 aromatic rings. The summed E-state index contributed by atoms with van der Waals surface area (Å²) in [6.07, 6.45) is 17.0. The van der Waals surface area contributed by atoms with Gasteiger partial charge in [-0.25, -0.2) is 4.79 Å². The molecule has 212 valence electrons. The summed E-state index contributed by atoms with van der Waals surface area (Å²) in [5.74, 6) is 0.676. The molecule has 0 aliphatic rings. The van der Waals surface area contributed by atoms with Crippen LogP contribution in [0, 0.1) is 0 Å². The highest BCUT2D eigenvalue weighted by Crippen LogP contribution is 2.19. The number of quaternary nitrogens is 1. The highest BCUT2D eigenvalue weighted by Gasteiger charge is 2.34. The number of carbonyl (C=O) groups is 1. The minimum Gasteiger partial charge on any atom is -0.490 e. The zero-order valence-electron chi connectivity index (χ0n) is 24.8. The van der Waals surface area contributed by atoms with Crippen molar-refractivity contribution >= 4 is 5.97 Å². The third kappa shape index (κ3) is 13.0. The first-order valence-corrected chi connectivity index (χ1v) is 15.2. The van der Waals surface area contributed by atoms with Crippen LogP contribution >= 0.6 is 0 Å². The Hall–Kier alpha value is -2.33. The Morgan fingerprint density at radius 1 is 0.711 bits per heavy atom. The summed E-state index contributed by atoms with van der Waals surface area (Å²) in [7, 11) is 4.19. The van der Waals surface area contributed by atoms with Crippen LogP contribution in [0.25, 0.3) is 0 Å². The fourth-order valence-corrected chi connectivity index (χ4v) is 5.25. The average molecular weight is 525 g/mol. The molecular formula is C34H54NO3+. The Balaban J connectivity index is 1.58.